The summed E-state index contributed by atoms with van der Waals surface area (Å²) in [4.78, 5) is 35.1. The molecule has 0 aromatic heterocycles. The first-order chi connectivity index (χ1) is 10.8. The fourth-order valence-electron chi connectivity index (χ4n) is 1.95. The van der Waals surface area contributed by atoms with Crippen molar-refractivity contribution in [1.82, 2.24) is 4.90 Å². The summed E-state index contributed by atoms with van der Waals surface area (Å²) in [6, 6.07) is 6.75. The van der Waals surface area contributed by atoms with E-state index in [4.69, 9.17) is 5.11 Å². The van der Waals surface area contributed by atoms with Crippen LogP contribution >= 0.6 is 0 Å². The average molecular weight is 322 g/mol. The number of carboxylic acid groups (broad SMARTS) is 1. The van der Waals surface area contributed by atoms with Gasteiger partial charge in [-0.1, -0.05) is 19.1 Å². The number of nitrogens with zero attached hydrogens (tertiary/aromatic N) is 1. The van der Waals surface area contributed by atoms with Crippen LogP contribution in [0.5, 0.6) is 0 Å². The molecule has 1 aromatic rings. The lowest BCUT2D eigenvalue weighted by atomic mass is 10.0. The molecule has 1 atom stereocenters. The molecular formula is C16H22N2O5. The van der Waals surface area contributed by atoms with Crippen molar-refractivity contribution in [2.75, 3.05) is 26.0 Å². The maximum atomic E-state index is 11.9. The van der Waals surface area contributed by atoms with Crippen LogP contribution in [-0.2, 0) is 20.7 Å². The van der Waals surface area contributed by atoms with Crippen molar-refractivity contribution in [3.63, 3.8) is 0 Å². The Hall–Kier alpha value is -2.57. The molecular weight excluding hydrogens is 300 g/mol. The first-order valence-electron chi connectivity index (χ1n) is 7.24. The maximum absolute atomic E-state index is 11.9. The Kier molecular flexibility index (Phi) is 7.05. The lowest BCUT2D eigenvalue weighted by molar-refractivity contribution is -0.144. The minimum atomic E-state index is -0.950. The molecule has 7 nitrogen and oxygen atoms in total. The number of esters is 1. The van der Waals surface area contributed by atoms with Gasteiger partial charge in [0.1, 0.15) is 0 Å². The molecule has 0 aliphatic heterocycles. The Morgan fingerprint density at radius 2 is 1.87 bits per heavy atom. The van der Waals surface area contributed by atoms with Crippen molar-refractivity contribution in [2.24, 2.45) is 5.92 Å². The monoisotopic (exact) mass is 322 g/mol. The highest BCUT2D eigenvalue weighted by molar-refractivity contribution is 5.89. The van der Waals surface area contributed by atoms with Crippen LogP contribution in [0.3, 0.4) is 0 Å². The summed E-state index contributed by atoms with van der Waals surface area (Å²) in [5.41, 5.74) is 1.56. The molecule has 0 fully saturated rings. The van der Waals surface area contributed by atoms with Gasteiger partial charge in [-0.05, 0) is 24.1 Å². The van der Waals surface area contributed by atoms with E-state index in [1.165, 1.54) is 19.1 Å². The molecule has 0 bridgehead atoms. The van der Waals surface area contributed by atoms with Crippen molar-refractivity contribution in [3.05, 3.63) is 29.8 Å². The number of ether oxygens (including phenoxy) is 1. The molecule has 1 unspecified atom stereocenters. The summed E-state index contributed by atoms with van der Waals surface area (Å²) in [7, 11) is 2.89. The van der Waals surface area contributed by atoms with Crippen LogP contribution in [0.2, 0.25) is 0 Å². The van der Waals surface area contributed by atoms with E-state index in [1.807, 2.05) is 12.1 Å². The molecule has 2 amide bonds. The summed E-state index contributed by atoms with van der Waals surface area (Å²) >= 11 is 0. The highest BCUT2D eigenvalue weighted by atomic mass is 16.5. The van der Waals surface area contributed by atoms with Crippen molar-refractivity contribution in [2.45, 2.75) is 19.8 Å². The second kappa shape index (κ2) is 8.77. The third kappa shape index (κ3) is 6.37. The van der Waals surface area contributed by atoms with Gasteiger partial charge in [0, 0.05) is 19.3 Å². The first kappa shape index (κ1) is 18.5. The number of rotatable bonds is 7. The van der Waals surface area contributed by atoms with Gasteiger partial charge in [0.05, 0.1) is 19.4 Å². The first-order valence-corrected chi connectivity index (χ1v) is 7.24. The standard InChI is InChI=1S/C16H22N2O5/c1-11(15(21)23-3)10-12-4-6-13(7-5-12)17-16(22)18(2)9-8-14(19)20/h4-7,11H,8-10H2,1-3H3,(H,17,22)(H,19,20). The van der Waals surface area contributed by atoms with Crippen LogP contribution in [0.15, 0.2) is 24.3 Å². The number of aliphatic carboxylic acids is 1. The zero-order valence-electron chi connectivity index (χ0n) is 13.5. The topological polar surface area (TPSA) is 95.9 Å². The smallest absolute Gasteiger partial charge is 0.321 e. The quantitative estimate of drug-likeness (QED) is 0.748. The van der Waals surface area contributed by atoms with Crippen LogP contribution in [0.25, 0.3) is 0 Å². The van der Waals surface area contributed by atoms with Crippen LogP contribution in [0.4, 0.5) is 10.5 Å². The van der Waals surface area contributed by atoms with Gasteiger partial charge in [0.2, 0.25) is 0 Å². The Labute approximate surface area is 135 Å². The van der Waals surface area contributed by atoms with Crippen LogP contribution in [0.1, 0.15) is 18.9 Å². The van der Waals surface area contributed by atoms with Crippen molar-refractivity contribution < 1.29 is 24.2 Å². The fourth-order valence-corrected chi connectivity index (χ4v) is 1.95. The molecule has 0 aliphatic rings. The summed E-state index contributed by atoms with van der Waals surface area (Å²) in [5, 5.41) is 11.3. The summed E-state index contributed by atoms with van der Waals surface area (Å²) < 4.78 is 4.68. The van der Waals surface area contributed by atoms with Gasteiger partial charge in [-0.2, -0.15) is 0 Å². The van der Waals surface area contributed by atoms with E-state index >= 15 is 0 Å². The molecule has 0 radical (unpaired) electrons. The molecule has 1 rings (SSSR count). The van der Waals surface area contributed by atoms with Crippen LogP contribution < -0.4 is 5.32 Å². The molecule has 0 saturated heterocycles. The molecule has 7 heteroatoms. The highest BCUT2D eigenvalue weighted by Crippen LogP contribution is 2.14. The number of hydrogen-bond acceptors (Lipinski definition) is 4. The van der Waals surface area contributed by atoms with Gasteiger partial charge < -0.3 is 20.1 Å². The zero-order valence-corrected chi connectivity index (χ0v) is 13.5. The van der Waals surface area contributed by atoms with E-state index in [2.05, 4.69) is 10.1 Å². The molecule has 23 heavy (non-hydrogen) atoms. The second-order valence-electron chi connectivity index (χ2n) is 5.32. The molecule has 2 N–H and O–H groups in total. The minimum Gasteiger partial charge on any atom is -0.481 e. The van der Waals surface area contributed by atoms with Crippen LogP contribution in [0, 0.1) is 5.92 Å². The third-order valence-corrected chi connectivity index (χ3v) is 3.36. The summed E-state index contributed by atoms with van der Waals surface area (Å²) in [5.74, 6) is -1.45. The van der Waals surface area contributed by atoms with E-state index in [9.17, 15) is 14.4 Å². The third-order valence-electron chi connectivity index (χ3n) is 3.36. The second-order valence-corrected chi connectivity index (χ2v) is 5.32. The van der Waals surface area contributed by atoms with E-state index < -0.39 is 5.97 Å². The van der Waals surface area contributed by atoms with E-state index in [-0.39, 0.29) is 30.9 Å². The maximum Gasteiger partial charge on any atom is 0.321 e. The largest absolute Gasteiger partial charge is 0.481 e. The van der Waals surface area contributed by atoms with E-state index in [0.717, 1.165) is 5.56 Å². The SMILES string of the molecule is COC(=O)C(C)Cc1ccc(NC(=O)N(C)CCC(=O)O)cc1. The molecule has 0 aliphatic carbocycles. The number of amides is 2. The Balaban J connectivity index is 2.55. The molecule has 0 heterocycles. The zero-order chi connectivity index (χ0) is 17.4. The predicted octanol–water partition coefficient (Wildman–Crippen LogP) is 1.98. The number of carbonyl (C=O) groups excluding carboxylic acids is 2. The Bertz CT molecular complexity index is 556. The summed E-state index contributed by atoms with van der Waals surface area (Å²) in [6.45, 7) is 1.93. The number of nitrogens with one attached hydrogen (secondary N) is 1. The number of carboxylic acids is 1. The van der Waals surface area contributed by atoms with E-state index in [1.54, 1.807) is 19.1 Å². The molecule has 0 saturated carbocycles. The molecule has 1 aromatic carbocycles. The minimum absolute atomic E-state index is 0.103. The Morgan fingerprint density at radius 1 is 1.26 bits per heavy atom. The van der Waals surface area contributed by atoms with Gasteiger partial charge in [-0.25, -0.2) is 4.79 Å². The van der Waals surface area contributed by atoms with Crippen molar-refractivity contribution in [1.29, 1.82) is 0 Å². The van der Waals surface area contributed by atoms with Crippen molar-refractivity contribution >= 4 is 23.7 Å². The summed E-state index contributed by atoms with van der Waals surface area (Å²) in [6.07, 6.45) is 0.452. The van der Waals surface area contributed by atoms with Gasteiger partial charge in [-0.15, -0.1) is 0 Å². The lowest BCUT2D eigenvalue weighted by Gasteiger charge is -2.17. The molecule has 126 valence electrons. The number of carbonyl (C=O) groups is 3. The number of benzene rings is 1. The van der Waals surface area contributed by atoms with Gasteiger partial charge >= 0.3 is 18.0 Å². The number of hydrogen-bond donors (Lipinski definition) is 2. The number of anilines is 1. The predicted molar refractivity (Wildman–Crippen MR) is 85.2 cm³/mol. The van der Waals surface area contributed by atoms with Gasteiger partial charge in [0.15, 0.2) is 0 Å². The number of methoxy groups -OCH3 is 1. The highest BCUT2D eigenvalue weighted by Gasteiger charge is 2.14. The van der Waals surface area contributed by atoms with E-state index in [0.29, 0.717) is 12.1 Å². The van der Waals surface area contributed by atoms with Crippen molar-refractivity contribution in [3.8, 4) is 0 Å². The number of urea groups is 1. The van der Waals surface area contributed by atoms with Gasteiger partial charge in [0.25, 0.3) is 0 Å². The Morgan fingerprint density at radius 3 is 2.39 bits per heavy atom. The normalized spacial score (nSPS) is 11.4. The lowest BCUT2D eigenvalue weighted by Crippen LogP contribution is -2.33. The van der Waals surface area contributed by atoms with Gasteiger partial charge in [-0.3, -0.25) is 9.59 Å². The fraction of sp³-hybridized carbons (Fsp3) is 0.438. The molecule has 0 spiro atoms. The van der Waals surface area contributed by atoms with Crippen LogP contribution in [-0.4, -0.2) is 48.7 Å². The average Bonchev–Trinajstić information content (AvgIpc) is 2.53.